The summed E-state index contributed by atoms with van der Waals surface area (Å²) in [5.41, 5.74) is 0. The molecule has 0 bridgehead atoms. The van der Waals surface area contributed by atoms with Gasteiger partial charge in [0.25, 0.3) is 0 Å². The molecule has 0 aromatic heterocycles. The molecular formula is C11H16BrN2O2S+. The molecule has 0 radical (unpaired) electrons. The number of halogens is 1. The molecule has 0 unspecified atom stereocenters. The van der Waals surface area contributed by atoms with Gasteiger partial charge >= 0.3 is 0 Å². The van der Waals surface area contributed by atoms with Gasteiger partial charge in [-0.3, -0.25) is 0 Å². The maximum atomic E-state index is 12.3. The molecule has 1 aromatic carbocycles. The summed E-state index contributed by atoms with van der Waals surface area (Å²) in [5, 5.41) is 0. The van der Waals surface area contributed by atoms with E-state index in [4.69, 9.17) is 0 Å². The summed E-state index contributed by atoms with van der Waals surface area (Å²) < 4.78 is 27.1. The zero-order chi connectivity index (χ0) is 12.5. The molecule has 1 saturated heterocycles. The van der Waals surface area contributed by atoms with Gasteiger partial charge in [0.15, 0.2) is 0 Å². The minimum absolute atomic E-state index is 0.375. The number of nitrogens with zero attached hydrogens (tertiary/aromatic N) is 1. The number of hydrogen-bond acceptors (Lipinski definition) is 2. The number of quaternary nitrogens is 1. The molecule has 2 rings (SSSR count). The first-order valence-corrected chi connectivity index (χ1v) is 7.80. The van der Waals surface area contributed by atoms with Crippen LogP contribution in [0.25, 0.3) is 0 Å². The SMILES string of the molecule is C[NH+]1CCN(S(=O)(=O)c2ccc(Br)cc2)CC1. The Morgan fingerprint density at radius 1 is 1.18 bits per heavy atom. The zero-order valence-corrected chi connectivity index (χ0v) is 12.1. The molecule has 1 heterocycles. The molecule has 1 fully saturated rings. The molecule has 1 aliphatic rings. The maximum absolute atomic E-state index is 12.3. The van der Waals surface area contributed by atoms with Crippen molar-refractivity contribution in [2.75, 3.05) is 33.2 Å². The molecule has 0 amide bonds. The van der Waals surface area contributed by atoms with Crippen molar-refractivity contribution < 1.29 is 13.3 Å². The predicted molar refractivity (Wildman–Crippen MR) is 69.5 cm³/mol. The highest BCUT2D eigenvalue weighted by molar-refractivity contribution is 9.10. The first kappa shape index (κ1) is 13.0. The Kier molecular flexibility index (Phi) is 3.87. The van der Waals surface area contributed by atoms with Gasteiger partial charge < -0.3 is 4.90 Å². The lowest BCUT2D eigenvalue weighted by atomic mass is 10.4. The molecule has 1 N–H and O–H groups in total. The molecular weight excluding hydrogens is 304 g/mol. The van der Waals surface area contributed by atoms with E-state index in [9.17, 15) is 8.42 Å². The number of rotatable bonds is 2. The minimum Gasteiger partial charge on any atom is -0.335 e. The largest absolute Gasteiger partial charge is 0.335 e. The van der Waals surface area contributed by atoms with Crippen LogP contribution < -0.4 is 4.90 Å². The van der Waals surface area contributed by atoms with Crippen LogP contribution in [-0.2, 0) is 10.0 Å². The first-order valence-electron chi connectivity index (χ1n) is 5.57. The van der Waals surface area contributed by atoms with E-state index in [1.54, 1.807) is 28.6 Å². The zero-order valence-electron chi connectivity index (χ0n) is 9.69. The van der Waals surface area contributed by atoms with E-state index in [0.717, 1.165) is 17.6 Å². The first-order chi connectivity index (χ1) is 8.00. The maximum Gasteiger partial charge on any atom is 0.243 e. The van der Waals surface area contributed by atoms with E-state index in [1.165, 1.54) is 4.90 Å². The number of hydrogen-bond donors (Lipinski definition) is 1. The topological polar surface area (TPSA) is 41.8 Å². The number of piperazine rings is 1. The summed E-state index contributed by atoms with van der Waals surface area (Å²) in [6, 6.07) is 6.80. The van der Waals surface area contributed by atoms with Gasteiger partial charge in [0.05, 0.1) is 38.1 Å². The summed E-state index contributed by atoms with van der Waals surface area (Å²) in [5.74, 6) is 0. The van der Waals surface area contributed by atoms with Crippen LogP contribution in [0.1, 0.15) is 0 Å². The van der Waals surface area contributed by atoms with E-state index in [2.05, 4.69) is 23.0 Å². The van der Waals surface area contributed by atoms with Crippen molar-refractivity contribution in [3.05, 3.63) is 28.7 Å². The van der Waals surface area contributed by atoms with Crippen molar-refractivity contribution in [1.82, 2.24) is 4.31 Å². The van der Waals surface area contributed by atoms with Gasteiger partial charge in [-0.25, -0.2) is 8.42 Å². The van der Waals surface area contributed by atoms with E-state index in [-0.39, 0.29) is 0 Å². The molecule has 0 saturated carbocycles. The Hall–Kier alpha value is -0.430. The van der Waals surface area contributed by atoms with Gasteiger partial charge in [-0.2, -0.15) is 4.31 Å². The van der Waals surface area contributed by atoms with Crippen LogP contribution in [0.2, 0.25) is 0 Å². The fourth-order valence-electron chi connectivity index (χ4n) is 1.86. The van der Waals surface area contributed by atoms with Gasteiger partial charge in [-0.1, -0.05) is 15.9 Å². The van der Waals surface area contributed by atoms with Crippen LogP contribution in [0, 0.1) is 0 Å². The quantitative estimate of drug-likeness (QED) is 0.831. The monoisotopic (exact) mass is 319 g/mol. The fraction of sp³-hybridized carbons (Fsp3) is 0.455. The Labute approximate surface area is 110 Å². The number of sulfonamides is 1. The summed E-state index contributed by atoms with van der Waals surface area (Å²) >= 11 is 3.30. The Balaban J connectivity index is 2.21. The van der Waals surface area contributed by atoms with Crippen LogP contribution in [0.3, 0.4) is 0 Å². The molecule has 0 atom stereocenters. The third kappa shape index (κ3) is 2.88. The third-order valence-corrected chi connectivity index (χ3v) is 5.47. The third-order valence-electron chi connectivity index (χ3n) is 3.03. The van der Waals surface area contributed by atoms with Gasteiger partial charge in [-0.05, 0) is 24.3 Å². The lowest BCUT2D eigenvalue weighted by Crippen LogP contribution is -3.12. The van der Waals surface area contributed by atoms with Crippen LogP contribution in [0.5, 0.6) is 0 Å². The molecule has 1 aliphatic heterocycles. The summed E-state index contributed by atoms with van der Waals surface area (Å²) in [6.45, 7) is 2.94. The van der Waals surface area contributed by atoms with E-state index in [0.29, 0.717) is 18.0 Å². The summed E-state index contributed by atoms with van der Waals surface area (Å²) in [7, 11) is -1.22. The minimum atomic E-state index is -3.30. The Morgan fingerprint density at radius 3 is 2.24 bits per heavy atom. The Morgan fingerprint density at radius 2 is 1.71 bits per heavy atom. The second kappa shape index (κ2) is 5.06. The second-order valence-electron chi connectivity index (χ2n) is 4.32. The molecule has 6 heteroatoms. The number of nitrogens with one attached hydrogen (secondary N) is 1. The smallest absolute Gasteiger partial charge is 0.243 e. The van der Waals surface area contributed by atoms with E-state index >= 15 is 0 Å². The predicted octanol–water partition coefficient (Wildman–Crippen LogP) is -0.0319. The lowest BCUT2D eigenvalue weighted by molar-refractivity contribution is -0.883. The highest BCUT2D eigenvalue weighted by atomic mass is 79.9. The van der Waals surface area contributed by atoms with E-state index in [1.807, 2.05) is 0 Å². The van der Waals surface area contributed by atoms with Crippen molar-refractivity contribution in [2.24, 2.45) is 0 Å². The van der Waals surface area contributed by atoms with E-state index < -0.39 is 10.0 Å². The molecule has 17 heavy (non-hydrogen) atoms. The van der Waals surface area contributed by atoms with Crippen molar-refractivity contribution in [2.45, 2.75) is 4.90 Å². The molecule has 1 aromatic rings. The van der Waals surface area contributed by atoms with Crippen molar-refractivity contribution in [3.63, 3.8) is 0 Å². The van der Waals surface area contributed by atoms with Gasteiger partial charge in [0.2, 0.25) is 10.0 Å². The lowest BCUT2D eigenvalue weighted by Gasteiger charge is -2.29. The highest BCUT2D eigenvalue weighted by Gasteiger charge is 2.28. The van der Waals surface area contributed by atoms with Gasteiger partial charge in [-0.15, -0.1) is 0 Å². The number of likely N-dealkylation sites (N-methyl/N-ethyl adjacent to an activating group) is 1. The van der Waals surface area contributed by atoms with Crippen molar-refractivity contribution in [1.29, 1.82) is 0 Å². The average Bonchev–Trinajstić information content (AvgIpc) is 2.30. The van der Waals surface area contributed by atoms with Crippen LogP contribution >= 0.6 is 15.9 Å². The highest BCUT2D eigenvalue weighted by Crippen LogP contribution is 2.18. The molecule has 0 spiro atoms. The number of benzene rings is 1. The van der Waals surface area contributed by atoms with Crippen LogP contribution in [0.15, 0.2) is 33.6 Å². The molecule has 94 valence electrons. The second-order valence-corrected chi connectivity index (χ2v) is 7.17. The van der Waals surface area contributed by atoms with Gasteiger partial charge in [0, 0.05) is 4.47 Å². The fourth-order valence-corrected chi connectivity index (χ4v) is 3.57. The molecule has 4 nitrogen and oxygen atoms in total. The molecule has 0 aliphatic carbocycles. The summed E-state index contributed by atoms with van der Waals surface area (Å²) in [6.07, 6.45) is 0. The van der Waals surface area contributed by atoms with Crippen molar-refractivity contribution >= 4 is 26.0 Å². The standard InChI is InChI=1S/C11H15BrN2O2S/c1-13-6-8-14(9-7-13)17(15,16)11-4-2-10(12)3-5-11/h2-5H,6-9H2,1H3/p+1. The van der Waals surface area contributed by atoms with Crippen LogP contribution in [0.4, 0.5) is 0 Å². The summed E-state index contributed by atoms with van der Waals surface area (Å²) in [4.78, 5) is 1.76. The van der Waals surface area contributed by atoms with Gasteiger partial charge in [0.1, 0.15) is 0 Å². The average molecular weight is 320 g/mol. The normalized spacial score (nSPS) is 19.4. The van der Waals surface area contributed by atoms with Crippen LogP contribution in [-0.4, -0.2) is 45.9 Å². The Bertz CT molecular complexity index is 479. The van der Waals surface area contributed by atoms with Crippen molar-refractivity contribution in [3.8, 4) is 0 Å².